The summed E-state index contributed by atoms with van der Waals surface area (Å²) in [6.07, 6.45) is 8.80. The Labute approximate surface area is 163 Å². The molecule has 4 heterocycles. The minimum Gasteiger partial charge on any atom is -0.454 e. The molecule has 2 aromatic heterocycles. The van der Waals surface area contributed by atoms with Crippen molar-refractivity contribution in [3.05, 3.63) is 47.9 Å². The van der Waals surface area contributed by atoms with Crippen molar-refractivity contribution in [3.63, 3.8) is 0 Å². The summed E-state index contributed by atoms with van der Waals surface area (Å²) in [7, 11) is 1.96. The first-order valence-electron chi connectivity index (χ1n) is 9.84. The molecule has 0 radical (unpaired) electrons. The van der Waals surface area contributed by atoms with Crippen LogP contribution in [-0.4, -0.2) is 33.2 Å². The Balaban J connectivity index is 1.40. The summed E-state index contributed by atoms with van der Waals surface area (Å²) < 4.78 is 18.5. The highest BCUT2D eigenvalue weighted by Crippen LogP contribution is 2.37. The van der Waals surface area contributed by atoms with Crippen molar-refractivity contribution in [1.82, 2.24) is 19.8 Å². The van der Waals surface area contributed by atoms with Crippen LogP contribution >= 0.6 is 0 Å². The Hall–Kier alpha value is -2.80. The summed E-state index contributed by atoms with van der Waals surface area (Å²) in [5.74, 6) is 2.29. The fourth-order valence-corrected chi connectivity index (χ4v) is 4.11. The number of rotatable bonds is 4. The molecule has 0 bridgehead atoms. The van der Waals surface area contributed by atoms with Gasteiger partial charge in [0.05, 0.1) is 12.2 Å². The maximum atomic E-state index is 5.72. The van der Waals surface area contributed by atoms with Crippen LogP contribution in [0.3, 0.4) is 0 Å². The third kappa shape index (κ3) is 3.38. The van der Waals surface area contributed by atoms with Gasteiger partial charge in [0.1, 0.15) is 5.69 Å². The van der Waals surface area contributed by atoms with E-state index in [0.29, 0.717) is 0 Å². The van der Waals surface area contributed by atoms with Gasteiger partial charge in [-0.25, -0.2) is 0 Å². The molecular formula is C21H24N4O3. The Bertz CT molecular complexity index is 964. The molecule has 28 heavy (non-hydrogen) atoms. The average molecular weight is 380 g/mol. The van der Waals surface area contributed by atoms with E-state index in [-0.39, 0.29) is 12.8 Å². The van der Waals surface area contributed by atoms with Gasteiger partial charge in [0.2, 0.25) is 6.79 Å². The highest BCUT2D eigenvalue weighted by molar-refractivity contribution is 5.63. The maximum Gasteiger partial charge on any atom is 0.231 e. The molecular weight excluding hydrogens is 356 g/mol. The predicted octanol–water partition coefficient (Wildman–Crippen LogP) is 3.92. The van der Waals surface area contributed by atoms with Crippen LogP contribution in [0.2, 0.25) is 0 Å². The van der Waals surface area contributed by atoms with Crippen LogP contribution in [0.5, 0.6) is 11.5 Å². The SMILES string of the molecule is Cn1cc(CN2CCCCC[C@@H]2c2cc(-c3ccc4c(c3)OCO4)on2)cn1. The summed E-state index contributed by atoms with van der Waals surface area (Å²) in [6, 6.07) is 8.18. The number of aromatic nitrogens is 3. The van der Waals surface area contributed by atoms with Gasteiger partial charge in [-0.1, -0.05) is 18.0 Å². The number of aryl methyl sites for hydroxylation is 1. The van der Waals surface area contributed by atoms with Crippen molar-refractivity contribution < 1.29 is 14.0 Å². The van der Waals surface area contributed by atoms with Crippen LogP contribution in [-0.2, 0) is 13.6 Å². The van der Waals surface area contributed by atoms with E-state index in [9.17, 15) is 0 Å². The standard InChI is InChI=1S/C21H24N4O3/c1-24-12-15(11-22-24)13-25-8-4-2-3-5-18(25)17-10-20(28-23-17)16-6-7-19-21(9-16)27-14-26-19/h6-7,9-12,18H,2-5,8,13-14H2,1H3/t18-/m1/s1. The molecule has 5 rings (SSSR count). The zero-order valence-corrected chi connectivity index (χ0v) is 16.0. The van der Waals surface area contributed by atoms with E-state index in [1.54, 1.807) is 0 Å². The number of likely N-dealkylation sites (tertiary alicyclic amines) is 1. The lowest BCUT2D eigenvalue weighted by molar-refractivity contribution is 0.174. The largest absolute Gasteiger partial charge is 0.454 e. The van der Waals surface area contributed by atoms with Crippen LogP contribution in [0.15, 0.2) is 41.2 Å². The van der Waals surface area contributed by atoms with Crippen LogP contribution in [0, 0.1) is 0 Å². The number of ether oxygens (including phenoxy) is 2. The van der Waals surface area contributed by atoms with E-state index in [0.717, 1.165) is 48.0 Å². The lowest BCUT2D eigenvalue weighted by atomic mass is 10.0. The van der Waals surface area contributed by atoms with E-state index in [4.69, 9.17) is 14.0 Å². The molecule has 1 aromatic carbocycles. The smallest absolute Gasteiger partial charge is 0.231 e. The Kier molecular flexibility index (Phi) is 4.52. The molecule has 0 aliphatic carbocycles. The van der Waals surface area contributed by atoms with Gasteiger partial charge in [0.15, 0.2) is 17.3 Å². The summed E-state index contributed by atoms with van der Waals surface area (Å²) in [4.78, 5) is 2.51. The molecule has 0 N–H and O–H groups in total. The molecule has 2 aliphatic rings. The molecule has 1 saturated heterocycles. The normalized spacial score (nSPS) is 19.7. The van der Waals surface area contributed by atoms with Gasteiger partial charge in [0, 0.05) is 37.0 Å². The van der Waals surface area contributed by atoms with Crippen LogP contribution in [0.1, 0.15) is 43.0 Å². The zero-order chi connectivity index (χ0) is 18.9. The molecule has 0 amide bonds. The Morgan fingerprint density at radius 2 is 2.04 bits per heavy atom. The highest BCUT2D eigenvalue weighted by atomic mass is 16.7. The van der Waals surface area contributed by atoms with Crippen molar-refractivity contribution in [3.8, 4) is 22.8 Å². The van der Waals surface area contributed by atoms with Crippen molar-refractivity contribution >= 4 is 0 Å². The lowest BCUT2D eigenvalue weighted by Crippen LogP contribution is -2.28. The minimum absolute atomic E-state index is 0.259. The van der Waals surface area contributed by atoms with E-state index in [1.807, 2.05) is 36.1 Å². The van der Waals surface area contributed by atoms with Gasteiger partial charge in [-0.05, 0) is 37.6 Å². The van der Waals surface area contributed by atoms with Gasteiger partial charge in [-0.2, -0.15) is 5.10 Å². The van der Waals surface area contributed by atoms with Crippen LogP contribution < -0.4 is 9.47 Å². The van der Waals surface area contributed by atoms with Gasteiger partial charge in [-0.15, -0.1) is 0 Å². The molecule has 7 nitrogen and oxygen atoms in total. The second-order valence-electron chi connectivity index (χ2n) is 7.54. The first kappa shape index (κ1) is 17.3. The average Bonchev–Trinajstić information content (AvgIpc) is 3.41. The molecule has 0 saturated carbocycles. The van der Waals surface area contributed by atoms with E-state index >= 15 is 0 Å². The molecule has 3 aromatic rings. The van der Waals surface area contributed by atoms with Crippen LogP contribution in [0.25, 0.3) is 11.3 Å². The topological polar surface area (TPSA) is 65.5 Å². The molecule has 0 spiro atoms. The summed E-state index contributed by atoms with van der Waals surface area (Å²) in [5, 5.41) is 8.75. The van der Waals surface area contributed by atoms with Crippen molar-refractivity contribution in [2.24, 2.45) is 7.05 Å². The van der Waals surface area contributed by atoms with Gasteiger partial charge >= 0.3 is 0 Å². The Morgan fingerprint density at radius 1 is 1.11 bits per heavy atom. The number of fused-ring (bicyclic) bond motifs is 1. The van der Waals surface area contributed by atoms with Crippen molar-refractivity contribution in [1.29, 1.82) is 0 Å². The van der Waals surface area contributed by atoms with Crippen LogP contribution in [0.4, 0.5) is 0 Å². The van der Waals surface area contributed by atoms with Gasteiger partial charge in [0.25, 0.3) is 0 Å². The third-order valence-corrected chi connectivity index (χ3v) is 5.53. The first-order valence-corrected chi connectivity index (χ1v) is 9.84. The molecule has 1 fully saturated rings. The summed E-state index contributed by atoms with van der Waals surface area (Å²) in [6.45, 7) is 2.21. The molecule has 0 unspecified atom stereocenters. The van der Waals surface area contributed by atoms with E-state index in [2.05, 4.69) is 27.4 Å². The predicted molar refractivity (Wildman–Crippen MR) is 103 cm³/mol. The second kappa shape index (κ2) is 7.31. The summed E-state index contributed by atoms with van der Waals surface area (Å²) in [5.41, 5.74) is 3.18. The highest BCUT2D eigenvalue weighted by Gasteiger charge is 2.26. The molecule has 7 heteroatoms. The second-order valence-corrected chi connectivity index (χ2v) is 7.54. The minimum atomic E-state index is 0.259. The molecule has 2 aliphatic heterocycles. The van der Waals surface area contributed by atoms with Gasteiger partial charge < -0.3 is 14.0 Å². The fraction of sp³-hybridized carbons (Fsp3) is 0.429. The third-order valence-electron chi connectivity index (χ3n) is 5.53. The monoisotopic (exact) mass is 380 g/mol. The van der Waals surface area contributed by atoms with Gasteiger partial charge in [-0.3, -0.25) is 9.58 Å². The first-order chi connectivity index (χ1) is 13.8. The summed E-state index contributed by atoms with van der Waals surface area (Å²) >= 11 is 0. The fourth-order valence-electron chi connectivity index (χ4n) is 4.11. The van der Waals surface area contributed by atoms with Crippen molar-refractivity contribution in [2.75, 3.05) is 13.3 Å². The molecule has 1 atom stereocenters. The van der Waals surface area contributed by atoms with E-state index in [1.165, 1.54) is 24.8 Å². The number of benzene rings is 1. The number of hydrogen-bond donors (Lipinski definition) is 0. The zero-order valence-electron chi connectivity index (χ0n) is 16.0. The maximum absolute atomic E-state index is 5.72. The van der Waals surface area contributed by atoms with E-state index < -0.39 is 0 Å². The Morgan fingerprint density at radius 3 is 2.93 bits per heavy atom. The number of nitrogens with zero attached hydrogens (tertiary/aromatic N) is 4. The lowest BCUT2D eigenvalue weighted by Gasteiger charge is -2.27. The van der Waals surface area contributed by atoms with Crippen molar-refractivity contribution in [2.45, 2.75) is 38.3 Å². The number of hydrogen-bond acceptors (Lipinski definition) is 6. The quantitative estimate of drug-likeness (QED) is 0.683. The molecule has 146 valence electrons.